The highest BCUT2D eigenvalue weighted by Gasteiger charge is 2.12. The molecule has 1 aromatic carbocycles. The Hall–Kier alpha value is -1.00. The number of thioether (sulfide) groups is 1. The molecule has 18 heavy (non-hydrogen) atoms. The van der Waals surface area contributed by atoms with E-state index in [1.807, 2.05) is 36.0 Å². The van der Waals surface area contributed by atoms with Crippen molar-refractivity contribution in [2.45, 2.75) is 43.9 Å². The SMILES string of the molecule is CCNC(C)C(C)Sc1ccc(NC(C)=O)cc1. The molecule has 0 radical (unpaired) electrons. The molecule has 1 aromatic rings. The second kappa shape index (κ2) is 7.44. The van der Waals surface area contributed by atoms with Crippen LogP contribution < -0.4 is 10.6 Å². The molecule has 1 rings (SSSR count). The highest BCUT2D eigenvalue weighted by Crippen LogP contribution is 2.26. The van der Waals surface area contributed by atoms with Gasteiger partial charge in [0.25, 0.3) is 0 Å². The zero-order chi connectivity index (χ0) is 13.5. The molecule has 0 fully saturated rings. The van der Waals surface area contributed by atoms with E-state index in [0.29, 0.717) is 11.3 Å². The molecule has 0 aliphatic heterocycles. The molecule has 0 saturated carbocycles. The van der Waals surface area contributed by atoms with Crippen molar-refractivity contribution in [2.75, 3.05) is 11.9 Å². The van der Waals surface area contributed by atoms with Gasteiger partial charge >= 0.3 is 0 Å². The monoisotopic (exact) mass is 266 g/mol. The van der Waals surface area contributed by atoms with Crippen LogP contribution in [0.3, 0.4) is 0 Å². The van der Waals surface area contributed by atoms with Crippen molar-refractivity contribution in [3.05, 3.63) is 24.3 Å². The average molecular weight is 266 g/mol. The van der Waals surface area contributed by atoms with Crippen molar-refractivity contribution < 1.29 is 4.79 Å². The van der Waals surface area contributed by atoms with Gasteiger partial charge in [-0.25, -0.2) is 0 Å². The highest BCUT2D eigenvalue weighted by molar-refractivity contribution is 8.00. The standard InChI is InChI=1S/C14H22N2OS/c1-5-15-10(2)11(3)18-14-8-6-13(7-9-14)16-12(4)17/h6-11,15H,5H2,1-4H3,(H,16,17). The van der Waals surface area contributed by atoms with Crippen molar-refractivity contribution in [1.82, 2.24) is 5.32 Å². The number of benzene rings is 1. The van der Waals surface area contributed by atoms with Crippen LogP contribution in [-0.2, 0) is 4.79 Å². The normalized spacial score (nSPS) is 14.0. The van der Waals surface area contributed by atoms with Crippen LogP contribution in [0, 0.1) is 0 Å². The van der Waals surface area contributed by atoms with Gasteiger partial charge in [0.05, 0.1) is 0 Å². The fraction of sp³-hybridized carbons (Fsp3) is 0.500. The number of carbonyl (C=O) groups excluding carboxylic acids is 1. The van der Waals surface area contributed by atoms with E-state index in [0.717, 1.165) is 12.2 Å². The van der Waals surface area contributed by atoms with Crippen LogP contribution >= 0.6 is 11.8 Å². The first-order chi connectivity index (χ1) is 8.52. The molecule has 0 aliphatic rings. The summed E-state index contributed by atoms with van der Waals surface area (Å²) in [5, 5.41) is 6.70. The molecule has 3 nitrogen and oxygen atoms in total. The fourth-order valence-electron chi connectivity index (χ4n) is 1.62. The van der Waals surface area contributed by atoms with Crippen LogP contribution in [-0.4, -0.2) is 23.7 Å². The van der Waals surface area contributed by atoms with E-state index >= 15 is 0 Å². The van der Waals surface area contributed by atoms with Gasteiger partial charge in [0.15, 0.2) is 0 Å². The van der Waals surface area contributed by atoms with Gasteiger partial charge in [-0.05, 0) is 37.7 Å². The number of nitrogens with one attached hydrogen (secondary N) is 2. The van der Waals surface area contributed by atoms with E-state index in [1.54, 1.807) is 0 Å². The number of amides is 1. The zero-order valence-corrected chi connectivity index (χ0v) is 12.3. The second-order valence-corrected chi connectivity index (χ2v) is 5.83. The maximum atomic E-state index is 10.9. The Bertz CT molecular complexity index is 378. The molecular formula is C14H22N2OS. The molecule has 0 saturated heterocycles. The first-order valence-corrected chi connectivity index (χ1v) is 7.18. The fourth-order valence-corrected chi connectivity index (χ4v) is 2.65. The van der Waals surface area contributed by atoms with Gasteiger partial charge < -0.3 is 10.6 Å². The van der Waals surface area contributed by atoms with Crippen molar-refractivity contribution in [1.29, 1.82) is 0 Å². The summed E-state index contributed by atoms with van der Waals surface area (Å²) in [6.07, 6.45) is 0. The minimum Gasteiger partial charge on any atom is -0.326 e. The lowest BCUT2D eigenvalue weighted by Crippen LogP contribution is -2.33. The predicted octanol–water partition coefficient (Wildman–Crippen LogP) is 3.12. The first-order valence-electron chi connectivity index (χ1n) is 6.30. The topological polar surface area (TPSA) is 41.1 Å². The Kier molecular flexibility index (Phi) is 6.22. The third-order valence-electron chi connectivity index (χ3n) is 2.73. The van der Waals surface area contributed by atoms with Crippen molar-refractivity contribution in [2.24, 2.45) is 0 Å². The second-order valence-electron chi connectivity index (χ2n) is 4.37. The first kappa shape index (κ1) is 15.1. The van der Waals surface area contributed by atoms with Crippen LogP contribution in [0.1, 0.15) is 27.7 Å². The van der Waals surface area contributed by atoms with Crippen LogP contribution in [0.4, 0.5) is 5.69 Å². The summed E-state index contributed by atoms with van der Waals surface area (Å²) in [6.45, 7) is 9.05. The largest absolute Gasteiger partial charge is 0.326 e. The number of anilines is 1. The third kappa shape index (κ3) is 5.10. The minimum absolute atomic E-state index is 0.0375. The number of rotatable bonds is 6. The Morgan fingerprint density at radius 3 is 2.39 bits per heavy atom. The van der Waals surface area contributed by atoms with Gasteiger partial charge in [0.2, 0.25) is 5.91 Å². The highest BCUT2D eigenvalue weighted by atomic mass is 32.2. The van der Waals surface area contributed by atoms with E-state index in [-0.39, 0.29) is 5.91 Å². The third-order valence-corrected chi connectivity index (χ3v) is 4.05. The summed E-state index contributed by atoms with van der Waals surface area (Å²) in [5.41, 5.74) is 0.847. The molecule has 2 atom stereocenters. The maximum Gasteiger partial charge on any atom is 0.221 e. The lowest BCUT2D eigenvalue weighted by atomic mass is 10.2. The lowest BCUT2D eigenvalue weighted by molar-refractivity contribution is -0.114. The smallest absolute Gasteiger partial charge is 0.221 e. The van der Waals surface area contributed by atoms with Crippen molar-refractivity contribution in [3.63, 3.8) is 0 Å². The van der Waals surface area contributed by atoms with Gasteiger partial charge in [0, 0.05) is 28.8 Å². The van der Waals surface area contributed by atoms with E-state index in [4.69, 9.17) is 0 Å². The molecule has 0 aliphatic carbocycles. The van der Waals surface area contributed by atoms with E-state index < -0.39 is 0 Å². The van der Waals surface area contributed by atoms with Gasteiger partial charge in [0.1, 0.15) is 0 Å². The molecular weight excluding hydrogens is 244 g/mol. The zero-order valence-electron chi connectivity index (χ0n) is 11.5. The van der Waals surface area contributed by atoms with Crippen molar-refractivity contribution in [3.8, 4) is 0 Å². The summed E-state index contributed by atoms with van der Waals surface area (Å²) in [7, 11) is 0. The van der Waals surface area contributed by atoms with E-state index in [2.05, 4.69) is 31.4 Å². The van der Waals surface area contributed by atoms with E-state index in [1.165, 1.54) is 11.8 Å². The minimum atomic E-state index is -0.0375. The number of hydrogen-bond acceptors (Lipinski definition) is 3. The van der Waals surface area contributed by atoms with Crippen LogP contribution in [0.2, 0.25) is 0 Å². The molecule has 0 bridgehead atoms. The molecule has 0 aromatic heterocycles. The molecule has 2 unspecified atom stereocenters. The quantitative estimate of drug-likeness (QED) is 0.777. The van der Waals surface area contributed by atoms with Crippen LogP contribution in [0.5, 0.6) is 0 Å². The van der Waals surface area contributed by atoms with Gasteiger partial charge in [-0.1, -0.05) is 13.8 Å². The Morgan fingerprint density at radius 2 is 1.89 bits per heavy atom. The molecule has 2 N–H and O–H groups in total. The summed E-state index contributed by atoms with van der Waals surface area (Å²) < 4.78 is 0. The summed E-state index contributed by atoms with van der Waals surface area (Å²) in [4.78, 5) is 12.1. The number of hydrogen-bond donors (Lipinski definition) is 2. The van der Waals surface area contributed by atoms with Crippen LogP contribution in [0.25, 0.3) is 0 Å². The maximum absolute atomic E-state index is 10.9. The van der Waals surface area contributed by atoms with Gasteiger partial charge in [-0.2, -0.15) is 0 Å². The average Bonchev–Trinajstić information content (AvgIpc) is 2.31. The van der Waals surface area contributed by atoms with Crippen LogP contribution in [0.15, 0.2) is 29.2 Å². The molecule has 4 heteroatoms. The van der Waals surface area contributed by atoms with Gasteiger partial charge in [-0.3, -0.25) is 4.79 Å². The summed E-state index contributed by atoms with van der Waals surface area (Å²) in [5.74, 6) is -0.0375. The summed E-state index contributed by atoms with van der Waals surface area (Å²) >= 11 is 1.84. The Balaban J connectivity index is 2.55. The predicted molar refractivity (Wildman–Crippen MR) is 79.2 cm³/mol. The van der Waals surface area contributed by atoms with Gasteiger partial charge in [-0.15, -0.1) is 11.8 Å². The molecule has 0 spiro atoms. The molecule has 0 heterocycles. The Labute approximate surface area is 114 Å². The Morgan fingerprint density at radius 1 is 1.28 bits per heavy atom. The molecule has 100 valence electrons. The van der Waals surface area contributed by atoms with Crippen molar-refractivity contribution >= 4 is 23.4 Å². The van der Waals surface area contributed by atoms with E-state index in [9.17, 15) is 4.79 Å². The molecule has 1 amide bonds. The summed E-state index contributed by atoms with van der Waals surface area (Å²) in [6, 6.07) is 8.45. The number of carbonyl (C=O) groups is 1. The lowest BCUT2D eigenvalue weighted by Gasteiger charge is -2.20.